The molecule has 1 fully saturated rings. The first-order valence-electron chi connectivity index (χ1n) is 4.61. The molecule has 1 heterocycles. The molecule has 0 atom stereocenters. The van der Waals surface area contributed by atoms with Gasteiger partial charge in [0.05, 0.1) is 12.1 Å². The monoisotopic (exact) mass is 213 g/mol. The molecule has 0 aromatic carbocycles. The topological polar surface area (TPSA) is 58.0 Å². The van der Waals surface area contributed by atoms with E-state index in [1.807, 2.05) is 0 Å². The highest BCUT2D eigenvalue weighted by Crippen LogP contribution is 2.34. The molecule has 0 amide bonds. The third-order valence-corrected chi connectivity index (χ3v) is 2.85. The lowest BCUT2D eigenvalue weighted by Crippen LogP contribution is -2.48. The predicted molar refractivity (Wildman–Crippen MR) is 54.3 cm³/mol. The Morgan fingerprint density at radius 2 is 2.29 bits per heavy atom. The number of nitrogens with zero attached hydrogens (tertiary/aromatic N) is 2. The Morgan fingerprint density at radius 1 is 1.50 bits per heavy atom. The van der Waals surface area contributed by atoms with Gasteiger partial charge in [-0.15, -0.1) is 0 Å². The molecule has 14 heavy (non-hydrogen) atoms. The van der Waals surface area contributed by atoms with E-state index in [1.54, 1.807) is 6.07 Å². The molecule has 0 radical (unpaired) electrons. The Labute approximate surface area is 87.3 Å². The summed E-state index contributed by atoms with van der Waals surface area (Å²) in [5.41, 5.74) is -0.183. The zero-order chi connectivity index (χ0) is 10.0. The molecule has 0 spiro atoms. The van der Waals surface area contributed by atoms with Gasteiger partial charge in [-0.25, -0.2) is 9.97 Å². The van der Waals surface area contributed by atoms with Gasteiger partial charge in [0.2, 0.25) is 0 Å². The largest absolute Gasteiger partial charge is 0.394 e. The Balaban J connectivity index is 2.09. The van der Waals surface area contributed by atoms with E-state index >= 15 is 0 Å². The van der Waals surface area contributed by atoms with Gasteiger partial charge in [-0.1, -0.05) is 11.6 Å². The summed E-state index contributed by atoms with van der Waals surface area (Å²) in [6.45, 7) is 0.134. The molecule has 0 aliphatic heterocycles. The molecule has 1 aliphatic rings. The van der Waals surface area contributed by atoms with E-state index in [1.165, 1.54) is 6.33 Å². The maximum absolute atomic E-state index is 9.23. The molecular formula is C9H12ClN3O. The fourth-order valence-corrected chi connectivity index (χ4v) is 1.75. The van der Waals surface area contributed by atoms with E-state index in [9.17, 15) is 5.11 Å². The van der Waals surface area contributed by atoms with E-state index in [-0.39, 0.29) is 12.1 Å². The molecule has 0 unspecified atom stereocenters. The van der Waals surface area contributed by atoms with Gasteiger partial charge in [-0.2, -0.15) is 0 Å². The first-order valence-corrected chi connectivity index (χ1v) is 4.98. The normalized spacial score (nSPS) is 18.7. The summed E-state index contributed by atoms with van der Waals surface area (Å²) >= 11 is 5.72. The van der Waals surface area contributed by atoms with Crippen molar-refractivity contribution in [2.45, 2.75) is 24.8 Å². The number of rotatable bonds is 3. The first kappa shape index (κ1) is 9.68. The summed E-state index contributed by atoms with van der Waals surface area (Å²) < 4.78 is 0. The molecule has 5 heteroatoms. The SMILES string of the molecule is OCC1(Nc2cc(Cl)ncn2)CCC1. The van der Waals surface area contributed by atoms with Crippen molar-refractivity contribution in [1.82, 2.24) is 9.97 Å². The molecule has 76 valence electrons. The van der Waals surface area contributed by atoms with Crippen molar-refractivity contribution in [1.29, 1.82) is 0 Å². The number of nitrogens with one attached hydrogen (secondary N) is 1. The number of anilines is 1. The minimum absolute atomic E-state index is 0.134. The van der Waals surface area contributed by atoms with Crippen LogP contribution in [0.4, 0.5) is 5.82 Å². The van der Waals surface area contributed by atoms with Gasteiger partial charge in [0.15, 0.2) is 0 Å². The fraction of sp³-hybridized carbons (Fsp3) is 0.556. The van der Waals surface area contributed by atoms with Crippen LogP contribution in [-0.2, 0) is 0 Å². The zero-order valence-electron chi connectivity index (χ0n) is 7.70. The average Bonchev–Trinajstić information content (AvgIpc) is 2.11. The Kier molecular flexibility index (Phi) is 2.56. The van der Waals surface area contributed by atoms with Gasteiger partial charge in [0, 0.05) is 6.07 Å². The van der Waals surface area contributed by atoms with Crippen LogP contribution in [0.15, 0.2) is 12.4 Å². The number of aliphatic hydroxyl groups excluding tert-OH is 1. The molecule has 2 N–H and O–H groups in total. The van der Waals surface area contributed by atoms with Crippen molar-refractivity contribution < 1.29 is 5.11 Å². The summed E-state index contributed by atoms with van der Waals surface area (Å²) in [4.78, 5) is 7.83. The van der Waals surface area contributed by atoms with E-state index in [2.05, 4.69) is 15.3 Å². The van der Waals surface area contributed by atoms with Crippen LogP contribution in [0.1, 0.15) is 19.3 Å². The van der Waals surface area contributed by atoms with Gasteiger partial charge in [-0.05, 0) is 19.3 Å². The van der Waals surface area contributed by atoms with Gasteiger partial charge >= 0.3 is 0 Å². The smallest absolute Gasteiger partial charge is 0.134 e. The van der Waals surface area contributed by atoms with Crippen LogP contribution < -0.4 is 5.32 Å². The molecule has 0 bridgehead atoms. The van der Waals surface area contributed by atoms with E-state index < -0.39 is 0 Å². The molecule has 1 aromatic heterocycles. The van der Waals surface area contributed by atoms with Crippen LogP contribution in [0, 0.1) is 0 Å². The predicted octanol–water partition coefficient (Wildman–Crippen LogP) is 1.46. The molecule has 4 nitrogen and oxygen atoms in total. The number of aliphatic hydroxyl groups is 1. The highest BCUT2D eigenvalue weighted by Gasteiger charge is 2.36. The number of aromatic nitrogens is 2. The fourth-order valence-electron chi connectivity index (χ4n) is 1.60. The highest BCUT2D eigenvalue weighted by atomic mass is 35.5. The Bertz CT molecular complexity index is 322. The van der Waals surface area contributed by atoms with Crippen LogP contribution >= 0.6 is 11.6 Å². The van der Waals surface area contributed by atoms with Crippen LogP contribution in [-0.4, -0.2) is 27.2 Å². The molecule has 1 saturated carbocycles. The third kappa shape index (κ3) is 1.81. The third-order valence-electron chi connectivity index (χ3n) is 2.64. The van der Waals surface area contributed by atoms with Gasteiger partial charge in [0.25, 0.3) is 0 Å². The van der Waals surface area contributed by atoms with Crippen molar-refractivity contribution in [3.63, 3.8) is 0 Å². The van der Waals surface area contributed by atoms with Crippen LogP contribution in [0.25, 0.3) is 0 Å². The minimum Gasteiger partial charge on any atom is -0.394 e. The molecule has 1 aromatic rings. The summed E-state index contributed by atoms with van der Waals surface area (Å²) in [5.74, 6) is 0.679. The van der Waals surface area contributed by atoms with Crippen molar-refractivity contribution >= 4 is 17.4 Å². The quantitative estimate of drug-likeness (QED) is 0.747. The zero-order valence-corrected chi connectivity index (χ0v) is 8.46. The highest BCUT2D eigenvalue weighted by molar-refractivity contribution is 6.29. The van der Waals surface area contributed by atoms with Crippen LogP contribution in [0.2, 0.25) is 5.15 Å². The van der Waals surface area contributed by atoms with Crippen molar-refractivity contribution in [3.05, 3.63) is 17.5 Å². The standard InChI is InChI=1S/C9H12ClN3O/c10-7-4-8(12-6-11-7)13-9(5-14)2-1-3-9/h4,6,14H,1-3,5H2,(H,11,12,13). The maximum atomic E-state index is 9.23. The lowest BCUT2D eigenvalue weighted by atomic mass is 9.77. The second-order valence-corrected chi connectivity index (χ2v) is 4.03. The van der Waals surface area contributed by atoms with Crippen molar-refractivity contribution in [2.24, 2.45) is 0 Å². The van der Waals surface area contributed by atoms with Crippen LogP contribution in [0.3, 0.4) is 0 Å². The van der Waals surface area contributed by atoms with E-state index in [0.717, 1.165) is 19.3 Å². The maximum Gasteiger partial charge on any atom is 0.134 e. The summed E-state index contributed by atoms with van der Waals surface area (Å²) in [7, 11) is 0. The van der Waals surface area contributed by atoms with Crippen LogP contribution in [0.5, 0.6) is 0 Å². The molecule has 1 aliphatic carbocycles. The Hall–Kier alpha value is -0.870. The summed E-state index contributed by atoms with van der Waals surface area (Å²) in [6.07, 6.45) is 4.51. The van der Waals surface area contributed by atoms with Crippen molar-refractivity contribution in [3.8, 4) is 0 Å². The summed E-state index contributed by atoms with van der Waals surface area (Å²) in [6, 6.07) is 1.66. The first-order chi connectivity index (χ1) is 6.74. The lowest BCUT2D eigenvalue weighted by molar-refractivity contribution is 0.144. The second kappa shape index (κ2) is 3.71. The number of halogens is 1. The van der Waals surface area contributed by atoms with E-state index in [4.69, 9.17) is 11.6 Å². The van der Waals surface area contributed by atoms with Crippen molar-refractivity contribution in [2.75, 3.05) is 11.9 Å². The second-order valence-electron chi connectivity index (χ2n) is 3.64. The van der Waals surface area contributed by atoms with Gasteiger partial charge in [-0.3, -0.25) is 0 Å². The average molecular weight is 214 g/mol. The minimum atomic E-state index is -0.183. The van der Waals surface area contributed by atoms with Gasteiger partial charge < -0.3 is 10.4 Å². The lowest BCUT2D eigenvalue weighted by Gasteiger charge is -2.41. The number of hydrogen-bond acceptors (Lipinski definition) is 4. The summed E-state index contributed by atoms with van der Waals surface area (Å²) in [5, 5.41) is 12.8. The van der Waals surface area contributed by atoms with E-state index in [0.29, 0.717) is 11.0 Å². The molecule has 2 rings (SSSR count). The molecular weight excluding hydrogens is 202 g/mol. The molecule has 0 saturated heterocycles. The Morgan fingerprint density at radius 3 is 2.79 bits per heavy atom. The van der Waals surface area contributed by atoms with Gasteiger partial charge in [0.1, 0.15) is 17.3 Å². The number of hydrogen-bond donors (Lipinski definition) is 2.